The summed E-state index contributed by atoms with van der Waals surface area (Å²) in [5.41, 5.74) is 3.65. The molecule has 3 rings (SSSR count). The molecule has 0 spiro atoms. The van der Waals surface area contributed by atoms with Crippen molar-refractivity contribution in [1.29, 1.82) is 0 Å². The molecule has 1 aliphatic rings. The summed E-state index contributed by atoms with van der Waals surface area (Å²) in [7, 11) is 0. The van der Waals surface area contributed by atoms with Crippen molar-refractivity contribution in [2.24, 2.45) is 0 Å². The van der Waals surface area contributed by atoms with Gasteiger partial charge >= 0.3 is 5.97 Å². The fourth-order valence-corrected chi connectivity index (χ4v) is 2.87. The lowest BCUT2D eigenvalue weighted by atomic mass is 10.1. The van der Waals surface area contributed by atoms with Crippen LogP contribution in [0.2, 0.25) is 5.02 Å². The van der Waals surface area contributed by atoms with Gasteiger partial charge in [-0.1, -0.05) is 35.9 Å². The maximum Gasteiger partial charge on any atom is 0.337 e. The Morgan fingerprint density at radius 3 is 2.40 bits per heavy atom. The van der Waals surface area contributed by atoms with Crippen LogP contribution in [0.3, 0.4) is 0 Å². The Balaban J connectivity index is 1.77. The zero-order valence-electron chi connectivity index (χ0n) is 10.8. The average Bonchev–Trinajstić information content (AvgIpc) is 2.82. The minimum Gasteiger partial charge on any atom is -0.478 e. The summed E-state index contributed by atoms with van der Waals surface area (Å²) in [6.07, 6.45) is 1.92. The van der Waals surface area contributed by atoms with Crippen molar-refractivity contribution in [3.63, 3.8) is 0 Å². The van der Waals surface area contributed by atoms with Crippen molar-refractivity contribution >= 4 is 23.3 Å². The van der Waals surface area contributed by atoms with Gasteiger partial charge in [0.15, 0.2) is 0 Å². The van der Waals surface area contributed by atoms with Crippen molar-refractivity contribution in [2.75, 3.05) is 5.32 Å². The zero-order valence-corrected chi connectivity index (χ0v) is 11.5. The third kappa shape index (κ3) is 2.49. The first-order valence-electron chi connectivity index (χ1n) is 6.49. The summed E-state index contributed by atoms with van der Waals surface area (Å²) in [5.74, 6) is -1.01. The fourth-order valence-electron chi connectivity index (χ4n) is 2.68. The van der Waals surface area contributed by atoms with E-state index >= 15 is 0 Å². The van der Waals surface area contributed by atoms with Gasteiger partial charge in [0.1, 0.15) is 0 Å². The van der Waals surface area contributed by atoms with Crippen LogP contribution in [0.4, 0.5) is 5.69 Å². The average molecular weight is 288 g/mol. The minimum absolute atomic E-state index is 0.132. The van der Waals surface area contributed by atoms with E-state index in [0.717, 1.165) is 18.5 Å². The van der Waals surface area contributed by atoms with Crippen molar-refractivity contribution in [1.82, 2.24) is 0 Å². The molecule has 2 aromatic rings. The molecule has 2 aromatic carbocycles. The highest BCUT2D eigenvalue weighted by atomic mass is 35.5. The van der Waals surface area contributed by atoms with Gasteiger partial charge in [0.25, 0.3) is 0 Å². The molecule has 4 heteroatoms. The number of nitrogens with one attached hydrogen (secondary N) is 1. The molecule has 0 heterocycles. The molecule has 0 radical (unpaired) electrons. The summed E-state index contributed by atoms with van der Waals surface area (Å²) >= 11 is 5.87. The first-order chi connectivity index (χ1) is 9.63. The van der Waals surface area contributed by atoms with E-state index in [-0.39, 0.29) is 10.6 Å². The van der Waals surface area contributed by atoms with Crippen molar-refractivity contribution in [3.8, 4) is 0 Å². The highest BCUT2D eigenvalue weighted by Crippen LogP contribution is 2.26. The summed E-state index contributed by atoms with van der Waals surface area (Å²) in [6, 6.07) is 13.7. The minimum atomic E-state index is -1.01. The lowest BCUT2D eigenvalue weighted by molar-refractivity contribution is 0.0697. The topological polar surface area (TPSA) is 49.3 Å². The third-order valence-electron chi connectivity index (χ3n) is 3.62. The first kappa shape index (κ1) is 13.0. The molecule has 0 amide bonds. The maximum absolute atomic E-state index is 11.1. The number of rotatable bonds is 3. The second kappa shape index (κ2) is 5.17. The van der Waals surface area contributed by atoms with Gasteiger partial charge in [0.2, 0.25) is 0 Å². The Kier molecular flexibility index (Phi) is 3.36. The highest BCUT2D eigenvalue weighted by Gasteiger charge is 2.21. The first-order valence-corrected chi connectivity index (χ1v) is 6.87. The number of halogens is 1. The fraction of sp³-hybridized carbons (Fsp3) is 0.188. The molecule has 1 aliphatic carbocycles. The monoisotopic (exact) mass is 287 g/mol. The van der Waals surface area contributed by atoms with E-state index < -0.39 is 5.97 Å². The van der Waals surface area contributed by atoms with Crippen LogP contribution in [0.25, 0.3) is 0 Å². The molecule has 0 saturated carbocycles. The zero-order chi connectivity index (χ0) is 14.1. The number of hydrogen-bond donors (Lipinski definition) is 2. The molecule has 0 bridgehead atoms. The number of fused-ring (bicyclic) bond motifs is 1. The number of anilines is 1. The van der Waals surface area contributed by atoms with Crippen LogP contribution in [0.15, 0.2) is 42.5 Å². The van der Waals surface area contributed by atoms with Crippen molar-refractivity contribution < 1.29 is 9.90 Å². The molecule has 0 aromatic heterocycles. The molecule has 0 aliphatic heterocycles. The third-order valence-corrected chi connectivity index (χ3v) is 3.95. The Bertz CT molecular complexity index is 644. The number of carboxylic acid groups (broad SMARTS) is 1. The Morgan fingerprint density at radius 1 is 1.15 bits per heavy atom. The Labute approximate surface area is 122 Å². The normalized spacial score (nSPS) is 14.1. The molecule has 3 nitrogen and oxygen atoms in total. The van der Waals surface area contributed by atoms with Crippen molar-refractivity contribution in [3.05, 3.63) is 64.2 Å². The Hall–Kier alpha value is -2.00. The van der Waals surface area contributed by atoms with E-state index in [1.807, 2.05) is 18.2 Å². The second-order valence-electron chi connectivity index (χ2n) is 5.02. The second-order valence-corrected chi connectivity index (χ2v) is 5.43. The summed E-state index contributed by atoms with van der Waals surface area (Å²) in [6.45, 7) is 0. The molecule has 0 atom stereocenters. The van der Waals surface area contributed by atoms with Gasteiger partial charge in [-0.3, -0.25) is 0 Å². The highest BCUT2D eigenvalue weighted by molar-refractivity contribution is 6.33. The van der Waals surface area contributed by atoms with E-state index in [9.17, 15) is 4.79 Å². The Morgan fingerprint density at radius 2 is 1.80 bits per heavy atom. The van der Waals surface area contributed by atoms with E-state index in [4.69, 9.17) is 16.7 Å². The maximum atomic E-state index is 11.1. The molecule has 20 heavy (non-hydrogen) atoms. The van der Waals surface area contributed by atoms with Crippen LogP contribution in [0.5, 0.6) is 0 Å². The number of benzene rings is 2. The molecular weight excluding hydrogens is 274 g/mol. The van der Waals surface area contributed by atoms with Crippen LogP contribution in [-0.4, -0.2) is 17.1 Å². The van der Waals surface area contributed by atoms with E-state index in [2.05, 4.69) is 17.4 Å². The van der Waals surface area contributed by atoms with Crippen LogP contribution >= 0.6 is 11.6 Å². The molecule has 102 valence electrons. The van der Waals surface area contributed by atoms with Crippen LogP contribution in [0, 0.1) is 0 Å². The van der Waals surface area contributed by atoms with Crippen LogP contribution in [-0.2, 0) is 12.8 Å². The molecule has 0 saturated heterocycles. The lowest BCUT2D eigenvalue weighted by Gasteiger charge is -2.14. The molecule has 0 fully saturated rings. The number of hydrogen-bond acceptors (Lipinski definition) is 2. The largest absolute Gasteiger partial charge is 0.478 e. The van der Waals surface area contributed by atoms with Gasteiger partial charge in [-0.15, -0.1) is 0 Å². The summed E-state index contributed by atoms with van der Waals surface area (Å²) in [5, 5.41) is 12.7. The van der Waals surface area contributed by atoms with Gasteiger partial charge in [-0.05, 0) is 42.2 Å². The summed E-state index contributed by atoms with van der Waals surface area (Å²) in [4.78, 5) is 11.1. The number of aromatic carboxylic acids is 1. The lowest BCUT2D eigenvalue weighted by Crippen LogP contribution is -2.19. The van der Waals surface area contributed by atoms with Gasteiger partial charge in [0.05, 0.1) is 10.6 Å². The number of carbonyl (C=O) groups is 1. The molecular formula is C16H14ClNO2. The standard InChI is InChI=1S/C16H14ClNO2/c17-15-6-5-12(9-14(15)16(19)20)18-13-7-10-3-1-2-4-11(10)8-13/h1-6,9,13,18H,7-8H2,(H,19,20). The van der Waals surface area contributed by atoms with E-state index in [1.165, 1.54) is 11.1 Å². The van der Waals surface area contributed by atoms with Crippen molar-refractivity contribution in [2.45, 2.75) is 18.9 Å². The van der Waals surface area contributed by atoms with Gasteiger partial charge in [-0.25, -0.2) is 4.79 Å². The van der Waals surface area contributed by atoms with Gasteiger partial charge in [0, 0.05) is 11.7 Å². The van der Waals surface area contributed by atoms with Crippen LogP contribution < -0.4 is 5.32 Å². The smallest absolute Gasteiger partial charge is 0.337 e. The molecule has 2 N–H and O–H groups in total. The molecule has 0 unspecified atom stereocenters. The SMILES string of the molecule is O=C(O)c1cc(NC2Cc3ccccc3C2)ccc1Cl. The quantitative estimate of drug-likeness (QED) is 0.906. The predicted octanol–water partition coefficient (Wildman–Crippen LogP) is 3.62. The van der Waals surface area contributed by atoms with E-state index in [1.54, 1.807) is 12.1 Å². The van der Waals surface area contributed by atoms with Gasteiger partial charge < -0.3 is 10.4 Å². The summed E-state index contributed by atoms with van der Waals surface area (Å²) < 4.78 is 0. The van der Waals surface area contributed by atoms with Gasteiger partial charge in [-0.2, -0.15) is 0 Å². The predicted molar refractivity (Wildman–Crippen MR) is 79.7 cm³/mol. The van der Waals surface area contributed by atoms with Crippen LogP contribution in [0.1, 0.15) is 21.5 Å². The number of carboxylic acids is 1. The van der Waals surface area contributed by atoms with E-state index in [0.29, 0.717) is 6.04 Å².